The number of rotatable bonds is 7. The van der Waals surface area contributed by atoms with Crippen molar-refractivity contribution in [2.24, 2.45) is 11.7 Å². The van der Waals surface area contributed by atoms with Crippen LogP contribution in [-0.4, -0.2) is 18.6 Å². The van der Waals surface area contributed by atoms with Crippen molar-refractivity contribution in [2.45, 2.75) is 19.3 Å². The van der Waals surface area contributed by atoms with Gasteiger partial charge in [-0.05, 0) is 55.4 Å². The van der Waals surface area contributed by atoms with Crippen LogP contribution < -0.4 is 5.73 Å². The van der Waals surface area contributed by atoms with Gasteiger partial charge in [0.15, 0.2) is 0 Å². The predicted molar refractivity (Wildman–Crippen MR) is 78.0 cm³/mol. The predicted octanol–water partition coefficient (Wildman–Crippen LogP) is 3.71. The minimum atomic E-state index is 0.617. The monoisotopic (exact) mass is 301 g/mol. The van der Waals surface area contributed by atoms with E-state index in [9.17, 15) is 0 Å². The van der Waals surface area contributed by atoms with Crippen LogP contribution in [0.15, 0.2) is 28.7 Å². The van der Waals surface area contributed by atoms with Gasteiger partial charge in [0.05, 0.1) is 0 Å². The fraction of sp³-hybridized carbons (Fsp3) is 0.538. The van der Waals surface area contributed by atoms with Gasteiger partial charge in [-0.15, -0.1) is 0 Å². The van der Waals surface area contributed by atoms with E-state index in [2.05, 4.69) is 46.5 Å². The number of benzene rings is 1. The third kappa shape index (κ3) is 4.89. The van der Waals surface area contributed by atoms with Gasteiger partial charge in [-0.3, -0.25) is 0 Å². The van der Waals surface area contributed by atoms with Crippen LogP contribution in [0.1, 0.15) is 18.4 Å². The van der Waals surface area contributed by atoms with Crippen LogP contribution in [0.2, 0.25) is 0 Å². The fourth-order valence-electron chi connectivity index (χ4n) is 1.79. The Morgan fingerprint density at radius 1 is 1.38 bits per heavy atom. The first-order valence-corrected chi connectivity index (χ1v) is 7.89. The standard InChI is InChI=1S/C13H20BrNS/c1-16-8-4-5-11(10-15)9-12-6-2-3-7-13(12)14/h2-3,6-7,11H,4-5,8-10,15H2,1H3. The summed E-state index contributed by atoms with van der Waals surface area (Å²) in [5.41, 5.74) is 7.21. The zero-order chi connectivity index (χ0) is 11.8. The fourth-order valence-corrected chi connectivity index (χ4v) is 2.70. The molecule has 1 aromatic carbocycles. The minimum Gasteiger partial charge on any atom is -0.330 e. The van der Waals surface area contributed by atoms with E-state index in [1.165, 1.54) is 28.6 Å². The molecule has 0 radical (unpaired) electrons. The maximum absolute atomic E-state index is 5.83. The second-order valence-electron chi connectivity index (χ2n) is 4.03. The van der Waals surface area contributed by atoms with Gasteiger partial charge in [0, 0.05) is 4.47 Å². The van der Waals surface area contributed by atoms with Crippen molar-refractivity contribution in [1.82, 2.24) is 0 Å². The summed E-state index contributed by atoms with van der Waals surface area (Å²) < 4.78 is 1.21. The molecule has 2 N–H and O–H groups in total. The van der Waals surface area contributed by atoms with E-state index in [0.717, 1.165) is 13.0 Å². The molecule has 0 saturated carbocycles. The summed E-state index contributed by atoms with van der Waals surface area (Å²) in [7, 11) is 0. The Balaban J connectivity index is 2.46. The van der Waals surface area contributed by atoms with E-state index in [1.807, 2.05) is 11.8 Å². The van der Waals surface area contributed by atoms with Gasteiger partial charge in [-0.1, -0.05) is 34.1 Å². The second-order valence-corrected chi connectivity index (χ2v) is 5.87. The molecule has 0 saturated heterocycles. The van der Waals surface area contributed by atoms with Crippen molar-refractivity contribution < 1.29 is 0 Å². The first kappa shape index (κ1) is 14.1. The lowest BCUT2D eigenvalue weighted by Gasteiger charge is -2.15. The summed E-state index contributed by atoms with van der Waals surface area (Å²) in [5, 5.41) is 0. The van der Waals surface area contributed by atoms with Gasteiger partial charge < -0.3 is 5.73 Å². The van der Waals surface area contributed by atoms with Crippen molar-refractivity contribution >= 4 is 27.7 Å². The molecule has 0 heterocycles. The molecule has 1 aromatic rings. The lowest BCUT2D eigenvalue weighted by molar-refractivity contribution is 0.489. The molecule has 0 aliphatic rings. The largest absolute Gasteiger partial charge is 0.330 e. The molecule has 90 valence electrons. The Bertz CT molecular complexity index is 304. The molecule has 1 rings (SSSR count). The highest BCUT2D eigenvalue weighted by molar-refractivity contribution is 9.10. The lowest BCUT2D eigenvalue weighted by Crippen LogP contribution is -2.17. The minimum absolute atomic E-state index is 0.617. The highest BCUT2D eigenvalue weighted by atomic mass is 79.9. The molecule has 0 aromatic heterocycles. The Labute approximate surface area is 111 Å². The van der Waals surface area contributed by atoms with Crippen LogP contribution in [0.4, 0.5) is 0 Å². The molecule has 0 aliphatic heterocycles. The highest BCUT2D eigenvalue weighted by Gasteiger charge is 2.09. The van der Waals surface area contributed by atoms with Gasteiger partial charge in [0.25, 0.3) is 0 Å². The Hall–Kier alpha value is 0.01000. The first-order valence-electron chi connectivity index (χ1n) is 5.70. The number of hydrogen-bond donors (Lipinski definition) is 1. The van der Waals surface area contributed by atoms with Crippen LogP contribution in [0.3, 0.4) is 0 Å². The van der Waals surface area contributed by atoms with E-state index >= 15 is 0 Å². The molecule has 0 aliphatic carbocycles. The van der Waals surface area contributed by atoms with Gasteiger partial charge in [-0.2, -0.15) is 11.8 Å². The van der Waals surface area contributed by atoms with Crippen LogP contribution in [-0.2, 0) is 6.42 Å². The molecule has 0 amide bonds. The SMILES string of the molecule is CSCCCC(CN)Cc1ccccc1Br. The molecule has 3 heteroatoms. The maximum atomic E-state index is 5.83. The quantitative estimate of drug-likeness (QED) is 0.777. The summed E-state index contributed by atoms with van der Waals surface area (Å²) in [6.07, 6.45) is 5.75. The molecular formula is C13H20BrNS. The molecule has 0 bridgehead atoms. The smallest absolute Gasteiger partial charge is 0.0207 e. The maximum Gasteiger partial charge on any atom is 0.0207 e. The van der Waals surface area contributed by atoms with Gasteiger partial charge in [-0.25, -0.2) is 0 Å². The van der Waals surface area contributed by atoms with Gasteiger partial charge in [0.2, 0.25) is 0 Å². The molecular weight excluding hydrogens is 282 g/mol. The third-order valence-corrected chi connectivity index (χ3v) is 4.23. The van der Waals surface area contributed by atoms with Gasteiger partial charge in [0.1, 0.15) is 0 Å². The third-order valence-electron chi connectivity index (χ3n) is 2.76. The number of halogens is 1. The number of hydrogen-bond acceptors (Lipinski definition) is 2. The molecule has 0 spiro atoms. The van der Waals surface area contributed by atoms with Gasteiger partial charge >= 0.3 is 0 Å². The Morgan fingerprint density at radius 3 is 2.75 bits per heavy atom. The van der Waals surface area contributed by atoms with E-state index in [1.54, 1.807) is 0 Å². The molecule has 1 atom stereocenters. The first-order chi connectivity index (χ1) is 7.77. The van der Waals surface area contributed by atoms with E-state index in [0.29, 0.717) is 5.92 Å². The van der Waals surface area contributed by atoms with E-state index in [4.69, 9.17) is 5.73 Å². The van der Waals surface area contributed by atoms with Crippen LogP contribution in [0.25, 0.3) is 0 Å². The van der Waals surface area contributed by atoms with Crippen LogP contribution >= 0.6 is 27.7 Å². The topological polar surface area (TPSA) is 26.0 Å². The zero-order valence-electron chi connectivity index (χ0n) is 9.79. The Kier molecular flexibility index (Phi) is 7.17. The molecule has 0 fully saturated rings. The molecule has 1 unspecified atom stereocenters. The average molecular weight is 302 g/mol. The summed E-state index contributed by atoms with van der Waals surface area (Å²) in [4.78, 5) is 0. The molecule has 1 nitrogen and oxygen atoms in total. The summed E-state index contributed by atoms with van der Waals surface area (Å²) in [5.74, 6) is 1.86. The number of nitrogens with two attached hydrogens (primary N) is 1. The van der Waals surface area contributed by atoms with Crippen LogP contribution in [0, 0.1) is 5.92 Å². The van der Waals surface area contributed by atoms with Crippen molar-refractivity contribution in [3.05, 3.63) is 34.3 Å². The summed E-state index contributed by atoms with van der Waals surface area (Å²) in [6, 6.07) is 8.43. The highest BCUT2D eigenvalue weighted by Crippen LogP contribution is 2.21. The zero-order valence-corrected chi connectivity index (χ0v) is 12.2. The van der Waals surface area contributed by atoms with Crippen LogP contribution in [0.5, 0.6) is 0 Å². The normalized spacial score (nSPS) is 12.7. The summed E-state index contributed by atoms with van der Waals surface area (Å²) in [6.45, 7) is 0.787. The molecule has 16 heavy (non-hydrogen) atoms. The van der Waals surface area contributed by atoms with Crippen molar-refractivity contribution in [3.63, 3.8) is 0 Å². The number of thioether (sulfide) groups is 1. The average Bonchev–Trinajstić information content (AvgIpc) is 2.30. The van der Waals surface area contributed by atoms with E-state index < -0.39 is 0 Å². The second kappa shape index (κ2) is 8.15. The summed E-state index contributed by atoms with van der Waals surface area (Å²) >= 11 is 5.50. The van der Waals surface area contributed by atoms with Crippen molar-refractivity contribution in [1.29, 1.82) is 0 Å². The van der Waals surface area contributed by atoms with Crippen molar-refractivity contribution in [3.8, 4) is 0 Å². The Morgan fingerprint density at radius 2 is 2.12 bits per heavy atom. The van der Waals surface area contributed by atoms with E-state index in [-0.39, 0.29) is 0 Å². The lowest BCUT2D eigenvalue weighted by atomic mass is 9.95. The van der Waals surface area contributed by atoms with Crippen molar-refractivity contribution in [2.75, 3.05) is 18.6 Å².